The highest BCUT2D eigenvalue weighted by molar-refractivity contribution is 7.89. The van der Waals surface area contributed by atoms with Gasteiger partial charge in [0.2, 0.25) is 10.0 Å². The Morgan fingerprint density at radius 1 is 0.889 bits per heavy atom. The standard InChI is InChI=1S/C29H22Cl3F3N4O5S/c1-17-2-8-22(9-3-17)45(42,43)39(15-18-4-10-25(31)26(32)12-18)16-21-7-6-20(44-21)14-36-38-28(41)27(40)37-19-5-11-24(30)23(13-19)29(33,34)35/h2-14H,15-16H2,1H3,(H,37,40)(H,38,41)/b36-14+. The van der Waals surface area contributed by atoms with E-state index >= 15 is 0 Å². The first-order chi connectivity index (χ1) is 21.1. The number of sulfonamides is 1. The molecule has 1 heterocycles. The first kappa shape index (κ1) is 34.0. The number of furan rings is 1. The molecule has 0 radical (unpaired) electrons. The van der Waals surface area contributed by atoms with Crippen molar-refractivity contribution in [3.8, 4) is 0 Å². The zero-order valence-electron chi connectivity index (χ0n) is 23.0. The zero-order chi connectivity index (χ0) is 32.9. The van der Waals surface area contributed by atoms with Gasteiger partial charge in [-0.05, 0) is 67.1 Å². The summed E-state index contributed by atoms with van der Waals surface area (Å²) in [6.07, 6.45) is -3.71. The third kappa shape index (κ3) is 8.86. The fourth-order valence-corrected chi connectivity index (χ4v) is 5.80. The van der Waals surface area contributed by atoms with E-state index in [1.54, 1.807) is 30.3 Å². The summed E-state index contributed by atoms with van der Waals surface area (Å²) < 4.78 is 73.2. The van der Waals surface area contributed by atoms with Gasteiger partial charge in [-0.25, -0.2) is 13.8 Å². The maximum Gasteiger partial charge on any atom is 0.417 e. The van der Waals surface area contributed by atoms with E-state index in [0.717, 1.165) is 23.9 Å². The van der Waals surface area contributed by atoms with Crippen LogP contribution in [0.4, 0.5) is 18.9 Å². The number of carbonyl (C=O) groups excluding carboxylic acids is 2. The lowest BCUT2D eigenvalue weighted by molar-refractivity contribution is -0.137. The van der Waals surface area contributed by atoms with Gasteiger partial charge in [0.1, 0.15) is 11.5 Å². The molecule has 4 rings (SSSR count). The Morgan fingerprint density at radius 3 is 2.24 bits per heavy atom. The van der Waals surface area contributed by atoms with Gasteiger partial charge in [0.15, 0.2) is 0 Å². The molecule has 0 saturated carbocycles. The van der Waals surface area contributed by atoms with Crippen molar-refractivity contribution in [2.75, 3.05) is 5.32 Å². The smallest absolute Gasteiger partial charge is 0.417 e. The first-order valence-electron chi connectivity index (χ1n) is 12.7. The number of hydrogen-bond donors (Lipinski definition) is 2. The third-order valence-electron chi connectivity index (χ3n) is 6.11. The Balaban J connectivity index is 1.44. The molecular weight excluding hydrogens is 680 g/mol. The van der Waals surface area contributed by atoms with Crippen LogP contribution in [0.15, 0.2) is 87.2 Å². The van der Waals surface area contributed by atoms with E-state index < -0.39 is 38.6 Å². The van der Waals surface area contributed by atoms with E-state index in [0.29, 0.717) is 16.7 Å². The number of carbonyl (C=O) groups is 2. The van der Waals surface area contributed by atoms with Crippen LogP contribution in [0.1, 0.15) is 28.2 Å². The van der Waals surface area contributed by atoms with Gasteiger partial charge in [0.25, 0.3) is 0 Å². The van der Waals surface area contributed by atoms with E-state index in [1.807, 2.05) is 17.7 Å². The van der Waals surface area contributed by atoms with Gasteiger partial charge < -0.3 is 9.73 Å². The van der Waals surface area contributed by atoms with E-state index in [2.05, 4.69) is 5.10 Å². The SMILES string of the molecule is Cc1ccc(S(=O)(=O)N(Cc2ccc(Cl)c(Cl)c2)Cc2ccc(/C=N/NC(=O)C(=O)Nc3ccc(Cl)c(C(F)(F)F)c3)o2)cc1. The lowest BCUT2D eigenvalue weighted by Gasteiger charge is -2.22. The van der Waals surface area contributed by atoms with Crippen molar-refractivity contribution < 1.29 is 35.6 Å². The Hall–Kier alpha value is -3.88. The van der Waals surface area contributed by atoms with Crippen LogP contribution in [-0.2, 0) is 38.9 Å². The lowest BCUT2D eigenvalue weighted by atomic mass is 10.2. The predicted molar refractivity (Wildman–Crippen MR) is 164 cm³/mol. The molecule has 45 heavy (non-hydrogen) atoms. The quantitative estimate of drug-likeness (QED) is 0.110. The molecule has 3 aromatic carbocycles. The summed E-state index contributed by atoms with van der Waals surface area (Å²) in [7, 11) is -4.01. The van der Waals surface area contributed by atoms with Gasteiger partial charge in [-0.15, -0.1) is 0 Å². The van der Waals surface area contributed by atoms with Crippen molar-refractivity contribution in [2.45, 2.75) is 31.1 Å². The Bertz CT molecular complexity index is 1860. The number of rotatable bonds is 9. The first-order valence-corrected chi connectivity index (χ1v) is 15.3. The molecule has 0 bridgehead atoms. The second-order valence-corrected chi connectivity index (χ2v) is 12.6. The number of anilines is 1. The van der Waals surface area contributed by atoms with Crippen LogP contribution in [0, 0.1) is 6.92 Å². The highest BCUT2D eigenvalue weighted by Crippen LogP contribution is 2.36. The molecule has 0 fully saturated rings. The number of benzene rings is 3. The molecule has 4 aromatic rings. The summed E-state index contributed by atoms with van der Waals surface area (Å²) in [5.74, 6) is -2.25. The number of aryl methyl sites for hydroxylation is 1. The van der Waals surface area contributed by atoms with Crippen LogP contribution in [0.2, 0.25) is 15.1 Å². The van der Waals surface area contributed by atoms with Crippen molar-refractivity contribution >= 4 is 68.5 Å². The second kappa shape index (κ2) is 14.0. The van der Waals surface area contributed by atoms with Crippen LogP contribution in [0.3, 0.4) is 0 Å². The topological polar surface area (TPSA) is 121 Å². The molecule has 0 aliphatic heterocycles. The molecule has 16 heteroatoms. The molecule has 0 saturated heterocycles. The van der Waals surface area contributed by atoms with Crippen molar-refractivity contribution in [1.82, 2.24) is 9.73 Å². The van der Waals surface area contributed by atoms with Crippen LogP contribution < -0.4 is 10.7 Å². The van der Waals surface area contributed by atoms with Gasteiger partial charge in [-0.3, -0.25) is 9.59 Å². The average molecular weight is 702 g/mol. The van der Waals surface area contributed by atoms with E-state index in [-0.39, 0.29) is 40.2 Å². The molecule has 0 atom stereocenters. The van der Waals surface area contributed by atoms with Crippen LogP contribution in [-0.4, -0.2) is 30.8 Å². The minimum atomic E-state index is -4.77. The largest absolute Gasteiger partial charge is 0.459 e. The number of nitrogens with zero attached hydrogens (tertiary/aromatic N) is 2. The van der Waals surface area contributed by atoms with Gasteiger partial charge in [-0.2, -0.15) is 22.6 Å². The Labute approximate surface area is 270 Å². The van der Waals surface area contributed by atoms with Crippen molar-refractivity contribution in [3.05, 3.63) is 116 Å². The zero-order valence-corrected chi connectivity index (χ0v) is 26.1. The van der Waals surface area contributed by atoms with E-state index in [9.17, 15) is 31.2 Å². The van der Waals surface area contributed by atoms with Crippen molar-refractivity contribution in [2.24, 2.45) is 5.10 Å². The lowest BCUT2D eigenvalue weighted by Crippen LogP contribution is -2.32. The van der Waals surface area contributed by atoms with Crippen LogP contribution in [0.5, 0.6) is 0 Å². The van der Waals surface area contributed by atoms with Crippen molar-refractivity contribution in [3.63, 3.8) is 0 Å². The summed E-state index contributed by atoms with van der Waals surface area (Å²) in [5.41, 5.74) is 1.89. The highest BCUT2D eigenvalue weighted by atomic mass is 35.5. The molecule has 236 valence electrons. The van der Waals surface area contributed by atoms with E-state index in [4.69, 9.17) is 39.2 Å². The van der Waals surface area contributed by atoms with Gasteiger partial charge in [-0.1, -0.05) is 58.6 Å². The summed E-state index contributed by atoms with van der Waals surface area (Å²) >= 11 is 17.7. The Kier molecular flexibility index (Phi) is 10.6. The summed E-state index contributed by atoms with van der Waals surface area (Å²) in [6, 6.07) is 16.7. The van der Waals surface area contributed by atoms with Crippen LogP contribution >= 0.6 is 34.8 Å². The maximum atomic E-state index is 13.6. The fourth-order valence-electron chi connectivity index (χ4n) is 3.86. The maximum absolute atomic E-state index is 13.6. The molecule has 0 unspecified atom stereocenters. The fraction of sp³-hybridized carbons (Fsp3) is 0.138. The molecule has 2 N–H and O–H groups in total. The normalized spacial score (nSPS) is 12.1. The number of hydrazone groups is 1. The monoisotopic (exact) mass is 700 g/mol. The number of halogens is 6. The number of hydrogen-bond acceptors (Lipinski definition) is 6. The van der Waals surface area contributed by atoms with Crippen molar-refractivity contribution in [1.29, 1.82) is 0 Å². The molecule has 9 nitrogen and oxygen atoms in total. The van der Waals surface area contributed by atoms with Gasteiger partial charge >= 0.3 is 18.0 Å². The number of nitrogens with one attached hydrogen (secondary N) is 2. The molecular formula is C29H22Cl3F3N4O5S. The Morgan fingerprint density at radius 2 is 1.58 bits per heavy atom. The molecule has 0 aliphatic carbocycles. The minimum Gasteiger partial charge on any atom is -0.459 e. The summed E-state index contributed by atoms with van der Waals surface area (Å²) in [5, 5.41) is 5.65. The molecule has 0 spiro atoms. The van der Waals surface area contributed by atoms with E-state index in [1.165, 1.54) is 28.6 Å². The average Bonchev–Trinajstić information content (AvgIpc) is 3.42. The van der Waals surface area contributed by atoms with Gasteiger partial charge in [0, 0.05) is 12.2 Å². The third-order valence-corrected chi connectivity index (χ3v) is 8.98. The molecule has 2 amide bonds. The number of alkyl halides is 3. The minimum absolute atomic E-state index is 0.0655. The van der Waals surface area contributed by atoms with Gasteiger partial charge in [0.05, 0.1) is 38.3 Å². The predicted octanol–water partition coefficient (Wildman–Crippen LogP) is 7.05. The second-order valence-electron chi connectivity index (χ2n) is 9.48. The number of amides is 2. The highest BCUT2D eigenvalue weighted by Gasteiger charge is 2.33. The van der Waals surface area contributed by atoms with Crippen LogP contribution in [0.25, 0.3) is 0 Å². The molecule has 0 aliphatic rings. The summed E-state index contributed by atoms with van der Waals surface area (Å²) in [4.78, 5) is 24.3. The summed E-state index contributed by atoms with van der Waals surface area (Å²) in [6.45, 7) is 1.57. The molecule has 1 aromatic heterocycles.